The topological polar surface area (TPSA) is 49.3 Å². The van der Waals surface area contributed by atoms with Crippen molar-refractivity contribution in [2.75, 3.05) is 6.54 Å². The number of aliphatic carboxylic acids is 1. The molecule has 2 N–H and O–H groups in total. The molecule has 3 nitrogen and oxygen atoms in total. The van der Waals surface area contributed by atoms with Gasteiger partial charge in [0, 0.05) is 0 Å². The molecule has 0 radical (unpaired) electrons. The van der Waals surface area contributed by atoms with E-state index >= 15 is 0 Å². The van der Waals surface area contributed by atoms with Crippen LogP contribution in [0.25, 0.3) is 0 Å². The zero-order valence-corrected chi connectivity index (χ0v) is 11.2. The Morgan fingerprint density at radius 3 is 2.95 bits per heavy atom. The molecule has 2 aliphatic rings. The van der Waals surface area contributed by atoms with Gasteiger partial charge in [-0.05, 0) is 62.1 Å². The van der Waals surface area contributed by atoms with E-state index in [0.29, 0.717) is 5.92 Å². The average Bonchev–Trinajstić information content (AvgIpc) is 2.89. The number of carbonyl (C=O) groups is 1. The highest BCUT2D eigenvalue weighted by molar-refractivity contribution is 5.79. The zero-order chi connectivity index (χ0) is 13.3. The molecule has 1 aromatic carbocycles. The minimum absolute atomic E-state index is 0.395. The monoisotopic (exact) mass is 259 g/mol. The van der Waals surface area contributed by atoms with Crippen LogP contribution in [0.4, 0.5) is 0 Å². The van der Waals surface area contributed by atoms with Gasteiger partial charge in [-0.15, -0.1) is 0 Å². The molecule has 3 heteroatoms. The molecule has 0 spiro atoms. The van der Waals surface area contributed by atoms with Crippen LogP contribution in [-0.4, -0.2) is 23.2 Å². The summed E-state index contributed by atoms with van der Waals surface area (Å²) in [4.78, 5) is 11.6. The van der Waals surface area contributed by atoms with Crippen molar-refractivity contribution < 1.29 is 9.90 Å². The molecule has 0 bridgehead atoms. The summed E-state index contributed by atoms with van der Waals surface area (Å²) >= 11 is 0. The summed E-state index contributed by atoms with van der Waals surface area (Å²) in [6.07, 6.45) is 5.91. The van der Waals surface area contributed by atoms with Crippen LogP contribution in [0.5, 0.6) is 0 Å². The fourth-order valence-electron chi connectivity index (χ4n) is 3.74. The van der Waals surface area contributed by atoms with E-state index in [1.165, 1.54) is 17.5 Å². The summed E-state index contributed by atoms with van der Waals surface area (Å²) < 4.78 is 0. The van der Waals surface area contributed by atoms with Crippen molar-refractivity contribution in [3.8, 4) is 0 Å². The number of nitrogens with one attached hydrogen (secondary N) is 1. The van der Waals surface area contributed by atoms with Gasteiger partial charge in [0.2, 0.25) is 0 Å². The predicted molar refractivity (Wildman–Crippen MR) is 74.3 cm³/mol. The number of benzene rings is 1. The van der Waals surface area contributed by atoms with Gasteiger partial charge in [-0.1, -0.05) is 24.3 Å². The number of hydrogen-bond donors (Lipinski definition) is 2. The summed E-state index contributed by atoms with van der Waals surface area (Å²) in [5.74, 6) is -0.278. The number of aryl methyl sites for hydroxylation is 1. The Morgan fingerprint density at radius 1 is 1.37 bits per heavy atom. The van der Waals surface area contributed by atoms with Gasteiger partial charge in [-0.2, -0.15) is 0 Å². The lowest BCUT2D eigenvalue weighted by Gasteiger charge is -2.33. The molecule has 19 heavy (non-hydrogen) atoms. The van der Waals surface area contributed by atoms with Crippen LogP contribution in [0.2, 0.25) is 0 Å². The van der Waals surface area contributed by atoms with Gasteiger partial charge in [-0.3, -0.25) is 4.79 Å². The lowest BCUT2D eigenvalue weighted by atomic mass is 9.75. The molecule has 2 unspecified atom stereocenters. The molecule has 0 saturated carbocycles. The second-order valence-corrected chi connectivity index (χ2v) is 5.91. The van der Waals surface area contributed by atoms with E-state index < -0.39 is 11.5 Å². The second kappa shape index (κ2) is 4.97. The van der Waals surface area contributed by atoms with E-state index in [9.17, 15) is 9.90 Å². The summed E-state index contributed by atoms with van der Waals surface area (Å²) in [7, 11) is 0. The van der Waals surface area contributed by atoms with E-state index in [1.807, 2.05) is 0 Å². The predicted octanol–water partition coefficient (Wildman–Crippen LogP) is 2.70. The standard InChI is InChI=1S/C16H21NO2/c18-15(19)16(9-4-10-17-16)11-13-7-3-6-12-5-1-2-8-14(12)13/h1-2,5,8,13,17H,3-4,6-7,9-11H2,(H,18,19). The maximum atomic E-state index is 11.6. The first-order chi connectivity index (χ1) is 9.21. The van der Waals surface area contributed by atoms with Gasteiger partial charge < -0.3 is 10.4 Å². The summed E-state index contributed by atoms with van der Waals surface area (Å²) in [5, 5.41) is 12.8. The van der Waals surface area contributed by atoms with Gasteiger partial charge >= 0.3 is 5.97 Å². The van der Waals surface area contributed by atoms with Crippen LogP contribution in [0.15, 0.2) is 24.3 Å². The Hall–Kier alpha value is -1.35. The fraction of sp³-hybridized carbons (Fsp3) is 0.562. The Balaban J connectivity index is 1.86. The van der Waals surface area contributed by atoms with Crippen LogP contribution in [0.1, 0.15) is 49.1 Å². The Morgan fingerprint density at radius 2 is 2.21 bits per heavy atom. The number of fused-ring (bicyclic) bond motifs is 1. The van der Waals surface area contributed by atoms with Crippen LogP contribution in [0.3, 0.4) is 0 Å². The largest absolute Gasteiger partial charge is 0.480 e. The molecular weight excluding hydrogens is 238 g/mol. The summed E-state index contributed by atoms with van der Waals surface area (Å²) in [5.41, 5.74) is 2.11. The van der Waals surface area contributed by atoms with E-state index in [-0.39, 0.29) is 0 Å². The van der Waals surface area contributed by atoms with Crippen molar-refractivity contribution in [1.82, 2.24) is 5.32 Å². The Bertz CT molecular complexity index is 477. The van der Waals surface area contributed by atoms with Crippen molar-refractivity contribution in [3.05, 3.63) is 35.4 Å². The first-order valence-electron chi connectivity index (χ1n) is 7.27. The molecule has 102 valence electrons. The van der Waals surface area contributed by atoms with Gasteiger partial charge in [-0.25, -0.2) is 0 Å². The molecule has 3 rings (SSSR count). The number of carboxylic acids is 1. The van der Waals surface area contributed by atoms with Gasteiger partial charge in [0.15, 0.2) is 0 Å². The molecule has 1 aliphatic carbocycles. The quantitative estimate of drug-likeness (QED) is 0.877. The number of hydrogen-bond acceptors (Lipinski definition) is 2. The maximum absolute atomic E-state index is 11.6. The van der Waals surface area contributed by atoms with Crippen LogP contribution < -0.4 is 5.32 Å². The van der Waals surface area contributed by atoms with Crippen molar-refractivity contribution >= 4 is 5.97 Å². The van der Waals surface area contributed by atoms with E-state index in [0.717, 1.165) is 38.6 Å². The molecule has 1 heterocycles. The number of rotatable bonds is 3. The van der Waals surface area contributed by atoms with Crippen LogP contribution in [-0.2, 0) is 11.2 Å². The second-order valence-electron chi connectivity index (χ2n) is 5.91. The summed E-state index contributed by atoms with van der Waals surface area (Å²) in [6, 6.07) is 8.54. The van der Waals surface area contributed by atoms with Crippen LogP contribution >= 0.6 is 0 Å². The van der Waals surface area contributed by atoms with E-state index in [4.69, 9.17) is 0 Å². The van der Waals surface area contributed by atoms with Gasteiger partial charge in [0.05, 0.1) is 0 Å². The highest BCUT2D eigenvalue weighted by atomic mass is 16.4. The molecule has 0 amide bonds. The molecule has 1 aliphatic heterocycles. The molecule has 0 aromatic heterocycles. The number of carboxylic acid groups (broad SMARTS) is 1. The molecule has 1 fully saturated rings. The van der Waals surface area contributed by atoms with Gasteiger partial charge in [0.25, 0.3) is 0 Å². The fourth-order valence-corrected chi connectivity index (χ4v) is 3.74. The Kier molecular flexibility index (Phi) is 3.31. The van der Waals surface area contributed by atoms with Gasteiger partial charge in [0.1, 0.15) is 5.54 Å². The van der Waals surface area contributed by atoms with E-state index in [1.54, 1.807) is 0 Å². The van der Waals surface area contributed by atoms with E-state index in [2.05, 4.69) is 29.6 Å². The lowest BCUT2D eigenvalue weighted by Crippen LogP contribution is -2.48. The zero-order valence-electron chi connectivity index (χ0n) is 11.2. The van der Waals surface area contributed by atoms with Crippen molar-refractivity contribution in [3.63, 3.8) is 0 Å². The minimum atomic E-state index is -0.685. The lowest BCUT2D eigenvalue weighted by molar-refractivity contribution is -0.144. The van der Waals surface area contributed by atoms with Crippen LogP contribution in [0, 0.1) is 0 Å². The van der Waals surface area contributed by atoms with Crippen molar-refractivity contribution in [2.45, 2.75) is 50.0 Å². The molecular formula is C16H21NO2. The summed E-state index contributed by atoms with van der Waals surface area (Å²) in [6.45, 7) is 0.834. The first kappa shape index (κ1) is 12.7. The third-order valence-electron chi connectivity index (χ3n) is 4.74. The third-order valence-corrected chi connectivity index (χ3v) is 4.74. The maximum Gasteiger partial charge on any atom is 0.323 e. The minimum Gasteiger partial charge on any atom is -0.480 e. The highest BCUT2D eigenvalue weighted by Gasteiger charge is 2.43. The highest BCUT2D eigenvalue weighted by Crippen LogP contribution is 2.39. The normalized spacial score (nSPS) is 30.0. The average molecular weight is 259 g/mol. The smallest absolute Gasteiger partial charge is 0.323 e. The first-order valence-corrected chi connectivity index (χ1v) is 7.27. The molecule has 2 atom stereocenters. The van der Waals surface area contributed by atoms with Crippen molar-refractivity contribution in [1.29, 1.82) is 0 Å². The third kappa shape index (κ3) is 2.27. The Labute approximate surface area is 114 Å². The van der Waals surface area contributed by atoms with Crippen molar-refractivity contribution in [2.24, 2.45) is 0 Å². The SMILES string of the molecule is O=C(O)C1(CC2CCCc3ccccc32)CCCN1. The molecule has 1 saturated heterocycles. The molecule has 1 aromatic rings.